The Hall–Kier alpha value is -1.79. The average molecular weight is 246 g/mol. The minimum Gasteiger partial charge on any atom is -0.455 e. The van der Waals surface area contributed by atoms with Crippen molar-refractivity contribution in [3.63, 3.8) is 0 Å². The van der Waals surface area contributed by atoms with Crippen LogP contribution in [0.15, 0.2) is 24.3 Å². The summed E-state index contributed by atoms with van der Waals surface area (Å²) in [6.07, 6.45) is 5.95. The molecule has 1 rings (SSSR count). The van der Waals surface area contributed by atoms with Crippen LogP contribution in [-0.4, -0.2) is 17.6 Å². The molecular weight excluding hydrogens is 226 g/mol. The Labute approximate surface area is 108 Å². The normalized spacial score (nSPS) is 12.6. The first-order valence-corrected chi connectivity index (χ1v) is 5.95. The zero-order valence-electron chi connectivity index (χ0n) is 11.2. The summed E-state index contributed by atoms with van der Waals surface area (Å²) in [5.74, 6) is 2.29. The summed E-state index contributed by atoms with van der Waals surface area (Å²) < 4.78 is 5.42. The summed E-state index contributed by atoms with van der Waals surface area (Å²) in [6, 6.07) is 7.33. The Bertz CT molecular complexity index is 452. The van der Waals surface area contributed by atoms with E-state index in [-0.39, 0.29) is 12.0 Å². The summed E-state index contributed by atoms with van der Waals surface area (Å²) in [5, 5.41) is 0. The second kappa shape index (κ2) is 5.70. The third-order valence-electron chi connectivity index (χ3n) is 2.53. The quantitative estimate of drug-likeness (QED) is 0.640. The van der Waals surface area contributed by atoms with Crippen molar-refractivity contribution in [1.29, 1.82) is 0 Å². The number of esters is 1. The van der Waals surface area contributed by atoms with E-state index in [0.717, 1.165) is 11.1 Å². The van der Waals surface area contributed by atoms with Crippen LogP contribution in [0.25, 0.3) is 0 Å². The number of quaternary nitrogens is 1. The third-order valence-corrected chi connectivity index (χ3v) is 2.53. The van der Waals surface area contributed by atoms with E-state index >= 15 is 0 Å². The first kappa shape index (κ1) is 14.3. The Morgan fingerprint density at radius 1 is 1.44 bits per heavy atom. The number of rotatable bonds is 4. The molecule has 0 heterocycles. The number of hydrogen-bond acceptors (Lipinski definition) is 2. The van der Waals surface area contributed by atoms with Crippen molar-refractivity contribution in [1.82, 2.24) is 0 Å². The van der Waals surface area contributed by atoms with Gasteiger partial charge in [0, 0.05) is 12.0 Å². The lowest BCUT2D eigenvalue weighted by Crippen LogP contribution is -2.64. The molecule has 0 aromatic heterocycles. The Balaban J connectivity index is 2.70. The summed E-state index contributed by atoms with van der Waals surface area (Å²) >= 11 is 0. The lowest BCUT2D eigenvalue weighted by atomic mass is 9.97. The van der Waals surface area contributed by atoms with Crippen LogP contribution >= 0.6 is 0 Å². The monoisotopic (exact) mass is 246 g/mol. The van der Waals surface area contributed by atoms with Crippen LogP contribution in [0.1, 0.15) is 31.9 Å². The zero-order valence-corrected chi connectivity index (χ0v) is 11.2. The molecule has 0 radical (unpaired) electrons. The third kappa shape index (κ3) is 4.23. The standard InChI is InChI=1S/C15H19NO2/c1-5-12-6-8-13(9-7-12)10-15(3,4)18-14(17)11(2)16/h1,6-9,11H,10,16H2,2-4H3/p+1. The maximum atomic E-state index is 11.5. The summed E-state index contributed by atoms with van der Waals surface area (Å²) in [6.45, 7) is 5.50. The molecule has 1 atom stereocenters. The van der Waals surface area contributed by atoms with Gasteiger partial charge in [0.25, 0.3) is 0 Å². The SMILES string of the molecule is C#Cc1ccc(CC(C)(C)OC(=O)C(C)[NH3+])cc1. The van der Waals surface area contributed by atoms with E-state index in [1.807, 2.05) is 38.1 Å². The van der Waals surface area contributed by atoms with E-state index in [1.165, 1.54) is 0 Å². The number of ether oxygens (including phenoxy) is 1. The van der Waals surface area contributed by atoms with Crippen molar-refractivity contribution in [2.24, 2.45) is 0 Å². The van der Waals surface area contributed by atoms with Gasteiger partial charge in [0.15, 0.2) is 6.04 Å². The van der Waals surface area contributed by atoms with Crippen molar-refractivity contribution in [3.05, 3.63) is 35.4 Å². The van der Waals surface area contributed by atoms with E-state index in [4.69, 9.17) is 11.2 Å². The van der Waals surface area contributed by atoms with Crippen molar-refractivity contribution in [3.8, 4) is 12.3 Å². The van der Waals surface area contributed by atoms with Gasteiger partial charge < -0.3 is 10.5 Å². The highest BCUT2D eigenvalue weighted by Crippen LogP contribution is 2.18. The number of hydrogen-bond donors (Lipinski definition) is 1. The minimum absolute atomic E-state index is 0.278. The predicted molar refractivity (Wildman–Crippen MR) is 70.6 cm³/mol. The summed E-state index contributed by atoms with van der Waals surface area (Å²) in [5.41, 5.74) is 5.05. The fourth-order valence-corrected chi connectivity index (χ4v) is 1.62. The molecule has 0 spiro atoms. The van der Waals surface area contributed by atoms with Gasteiger partial charge in [-0.2, -0.15) is 0 Å². The van der Waals surface area contributed by atoms with Crippen LogP contribution in [-0.2, 0) is 16.0 Å². The highest BCUT2D eigenvalue weighted by atomic mass is 16.6. The molecule has 0 aliphatic carbocycles. The molecule has 1 unspecified atom stereocenters. The van der Waals surface area contributed by atoms with Crippen LogP contribution in [0.5, 0.6) is 0 Å². The first-order chi connectivity index (χ1) is 8.34. The molecule has 3 heteroatoms. The number of terminal acetylenes is 1. The molecule has 3 nitrogen and oxygen atoms in total. The highest BCUT2D eigenvalue weighted by molar-refractivity contribution is 5.73. The zero-order chi connectivity index (χ0) is 13.8. The Morgan fingerprint density at radius 3 is 2.44 bits per heavy atom. The molecule has 0 amide bonds. The molecule has 0 bridgehead atoms. The molecule has 0 aliphatic rings. The van der Waals surface area contributed by atoms with E-state index in [2.05, 4.69) is 11.7 Å². The molecule has 1 aromatic carbocycles. The fourth-order valence-electron chi connectivity index (χ4n) is 1.62. The van der Waals surface area contributed by atoms with Crippen LogP contribution in [0, 0.1) is 12.3 Å². The molecule has 0 fully saturated rings. The molecule has 0 saturated heterocycles. The van der Waals surface area contributed by atoms with Crippen molar-refractivity contribution >= 4 is 5.97 Å². The summed E-state index contributed by atoms with van der Waals surface area (Å²) in [4.78, 5) is 11.5. The average Bonchev–Trinajstić information content (AvgIpc) is 2.28. The second-order valence-electron chi connectivity index (χ2n) is 5.10. The molecule has 96 valence electrons. The minimum atomic E-state index is -0.541. The van der Waals surface area contributed by atoms with Gasteiger partial charge in [-0.15, -0.1) is 6.42 Å². The topological polar surface area (TPSA) is 53.9 Å². The van der Waals surface area contributed by atoms with Crippen molar-refractivity contribution in [2.45, 2.75) is 38.8 Å². The molecule has 18 heavy (non-hydrogen) atoms. The number of carbonyl (C=O) groups excluding carboxylic acids is 1. The van der Waals surface area contributed by atoms with E-state index in [0.29, 0.717) is 6.42 Å². The number of benzene rings is 1. The number of carbonyl (C=O) groups is 1. The predicted octanol–water partition coefficient (Wildman–Crippen LogP) is 1.16. The molecule has 0 saturated carbocycles. The lowest BCUT2D eigenvalue weighted by molar-refractivity contribution is -0.404. The maximum Gasteiger partial charge on any atom is 0.364 e. The molecule has 3 N–H and O–H groups in total. The molecular formula is C15H20NO2+. The van der Waals surface area contributed by atoms with Gasteiger partial charge in [-0.25, -0.2) is 4.79 Å². The van der Waals surface area contributed by atoms with Gasteiger partial charge >= 0.3 is 5.97 Å². The molecule has 1 aromatic rings. The van der Waals surface area contributed by atoms with Crippen LogP contribution in [0.4, 0.5) is 0 Å². The van der Waals surface area contributed by atoms with Gasteiger partial charge in [-0.3, -0.25) is 0 Å². The van der Waals surface area contributed by atoms with E-state index in [1.54, 1.807) is 6.92 Å². The lowest BCUT2D eigenvalue weighted by Gasteiger charge is -2.25. The highest BCUT2D eigenvalue weighted by Gasteiger charge is 2.26. The second-order valence-corrected chi connectivity index (χ2v) is 5.10. The molecule has 0 aliphatic heterocycles. The van der Waals surface area contributed by atoms with Crippen LogP contribution in [0.3, 0.4) is 0 Å². The van der Waals surface area contributed by atoms with Gasteiger partial charge in [-0.05, 0) is 38.5 Å². The van der Waals surface area contributed by atoms with Crippen molar-refractivity contribution < 1.29 is 15.3 Å². The van der Waals surface area contributed by atoms with E-state index in [9.17, 15) is 4.79 Å². The van der Waals surface area contributed by atoms with E-state index < -0.39 is 5.60 Å². The fraction of sp³-hybridized carbons (Fsp3) is 0.400. The maximum absolute atomic E-state index is 11.5. The van der Waals surface area contributed by atoms with Crippen molar-refractivity contribution in [2.75, 3.05) is 0 Å². The first-order valence-electron chi connectivity index (χ1n) is 5.95. The van der Waals surface area contributed by atoms with Gasteiger partial charge in [0.05, 0.1) is 0 Å². The Kier molecular flexibility index (Phi) is 4.52. The van der Waals surface area contributed by atoms with Crippen LogP contribution < -0.4 is 5.73 Å². The van der Waals surface area contributed by atoms with Gasteiger partial charge in [-0.1, -0.05) is 18.1 Å². The van der Waals surface area contributed by atoms with Gasteiger partial charge in [0.2, 0.25) is 0 Å². The Morgan fingerprint density at radius 2 is 2.00 bits per heavy atom. The van der Waals surface area contributed by atoms with Crippen LogP contribution in [0.2, 0.25) is 0 Å². The largest absolute Gasteiger partial charge is 0.455 e. The smallest absolute Gasteiger partial charge is 0.364 e. The summed E-state index contributed by atoms with van der Waals surface area (Å²) in [7, 11) is 0. The van der Waals surface area contributed by atoms with Gasteiger partial charge in [0.1, 0.15) is 5.60 Å².